The first kappa shape index (κ1) is 23.7. The minimum atomic E-state index is -0.801. The largest absolute Gasteiger partial charge is 0.507 e. The summed E-state index contributed by atoms with van der Waals surface area (Å²) in [6.07, 6.45) is 0.911. The van der Waals surface area contributed by atoms with E-state index in [4.69, 9.17) is 4.99 Å². The third kappa shape index (κ3) is 5.46. The maximum atomic E-state index is 11.2. The fourth-order valence-electron chi connectivity index (χ4n) is 3.75. The highest BCUT2D eigenvalue weighted by atomic mass is 16.3. The molecular weight excluding hydrogens is 394 g/mol. The van der Waals surface area contributed by atoms with Crippen molar-refractivity contribution in [1.29, 1.82) is 0 Å². The molecule has 0 radical (unpaired) electrons. The van der Waals surface area contributed by atoms with Crippen LogP contribution >= 0.6 is 0 Å². The van der Waals surface area contributed by atoms with Gasteiger partial charge in [-0.3, -0.25) is 4.99 Å². The number of aliphatic imine (C=N–C) groups is 1. The van der Waals surface area contributed by atoms with Crippen molar-refractivity contribution in [3.63, 3.8) is 0 Å². The SMILES string of the molecule is CC(C)(C)c1cc(C=NC(c2ccccc2)C(O)c2ccccc2)c(O)c(C(C)(C)C)c1. The van der Waals surface area contributed by atoms with Gasteiger partial charge in [0.2, 0.25) is 0 Å². The molecule has 0 aliphatic heterocycles. The monoisotopic (exact) mass is 429 g/mol. The van der Waals surface area contributed by atoms with Crippen molar-refractivity contribution in [3.8, 4) is 5.75 Å². The number of rotatable bonds is 5. The van der Waals surface area contributed by atoms with E-state index < -0.39 is 12.1 Å². The van der Waals surface area contributed by atoms with Crippen LogP contribution in [0.3, 0.4) is 0 Å². The fraction of sp³-hybridized carbons (Fsp3) is 0.345. The molecule has 2 unspecified atom stereocenters. The summed E-state index contributed by atoms with van der Waals surface area (Å²) in [4.78, 5) is 4.81. The molecule has 0 saturated heterocycles. The number of hydrogen-bond acceptors (Lipinski definition) is 3. The predicted octanol–water partition coefficient (Wildman–Crippen LogP) is 6.88. The second-order valence-electron chi connectivity index (χ2n) is 10.5. The van der Waals surface area contributed by atoms with E-state index in [9.17, 15) is 10.2 Å². The Hall–Kier alpha value is -2.91. The Morgan fingerprint density at radius 3 is 1.78 bits per heavy atom. The molecule has 3 aromatic rings. The van der Waals surface area contributed by atoms with Crippen LogP contribution in [0.1, 0.15) is 81.5 Å². The molecule has 0 bridgehead atoms. The van der Waals surface area contributed by atoms with Gasteiger partial charge in [0.05, 0.1) is 0 Å². The highest BCUT2D eigenvalue weighted by molar-refractivity contribution is 5.85. The Labute approximate surface area is 192 Å². The normalized spacial score (nSPS) is 14.5. The van der Waals surface area contributed by atoms with Crippen LogP contribution in [0, 0.1) is 0 Å². The molecule has 0 amide bonds. The lowest BCUT2D eigenvalue weighted by atomic mass is 9.79. The van der Waals surface area contributed by atoms with E-state index in [0.717, 1.165) is 22.3 Å². The van der Waals surface area contributed by atoms with Gasteiger partial charge >= 0.3 is 0 Å². The second kappa shape index (κ2) is 9.30. The van der Waals surface area contributed by atoms with E-state index in [2.05, 4.69) is 47.6 Å². The number of aromatic hydroxyl groups is 1. The minimum absolute atomic E-state index is 0.0708. The molecule has 32 heavy (non-hydrogen) atoms. The second-order valence-corrected chi connectivity index (χ2v) is 10.5. The predicted molar refractivity (Wildman–Crippen MR) is 134 cm³/mol. The van der Waals surface area contributed by atoms with Gasteiger partial charge in [-0.1, -0.05) is 108 Å². The first-order valence-electron chi connectivity index (χ1n) is 11.2. The van der Waals surface area contributed by atoms with E-state index in [1.54, 1.807) is 6.21 Å². The highest BCUT2D eigenvalue weighted by Crippen LogP contribution is 2.38. The Kier molecular flexibility index (Phi) is 6.90. The quantitative estimate of drug-likeness (QED) is 0.434. The smallest absolute Gasteiger partial charge is 0.128 e. The average molecular weight is 430 g/mol. The van der Waals surface area contributed by atoms with Gasteiger partial charge in [-0.15, -0.1) is 0 Å². The van der Waals surface area contributed by atoms with Crippen LogP contribution in [0.15, 0.2) is 77.8 Å². The third-order valence-electron chi connectivity index (χ3n) is 5.77. The molecule has 0 heterocycles. The summed E-state index contributed by atoms with van der Waals surface area (Å²) in [7, 11) is 0. The average Bonchev–Trinajstić information content (AvgIpc) is 2.74. The fourth-order valence-corrected chi connectivity index (χ4v) is 3.75. The zero-order chi connectivity index (χ0) is 23.5. The van der Waals surface area contributed by atoms with Crippen molar-refractivity contribution in [3.05, 3.63) is 101 Å². The molecule has 0 spiro atoms. The van der Waals surface area contributed by atoms with Gasteiger partial charge in [0.1, 0.15) is 17.9 Å². The summed E-state index contributed by atoms with van der Waals surface area (Å²) in [6, 6.07) is 23.0. The topological polar surface area (TPSA) is 52.8 Å². The molecule has 0 aliphatic rings. The standard InChI is InChI=1S/C29H35NO2/c1-28(2,3)23-17-22(26(31)24(18-23)29(4,5)6)19-30-25(20-13-9-7-10-14-20)27(32)21-15-11-8-12-16-21/h7-19,25,27,31-32H,1-6H3. The van der Waals surface area contributed by atoms with Gasteiger partial charge in [0.15, 0.2) is 0 Å². The Morgan fingerprint density at radius 2 is 1.28 bits per heavy atom. The number of phenols is 1. The first-order chi connectivity index (χ1) is 15.0. The summed E-state index contributed by atoms with van der Waals surface area (Å²) < 4.78 is 0. The molecule has 2 atom stereocenters. The molecular formula is C29H35NO2. The van der Waals surface area contributed by atoms with Gasteiger partial charge in [-0.25, -0.2) is 0 Å². The lowest BCUT2D eigenvalue weighted by Gasteiger charge is -2.27. The number of phenolic OH excluding ortho intramolecular Hbond substituents is 1. The maximum Gasteiger partial charge on any atom is 0.128 e. The zero-order valence-corrected chi connectivity index (χ0v) is 20.0. The van der Waals surface area contributed by atoms with Crippen molar-refractivity contribution in [2.75, 3.05) is 0 Å². The van der Waals surface area contributed by atoms with Crippen LogP contribution in [0.2, 0.25) is 0 Å². The molecule has 0 saturated carbocycles. The van der Waals surface area contributed by atoms with Crippen LogP contribution in [0.25, 0.3) is 0 Å². The molecule has 3 heteroatoms. The van der Waals surface area contributed by atoms with Crippen molar-refractivity contribution >= 4 is 6.21 Å². The van der Waals surface area contributed by atoms with E-state index in [0.29, 0.717) is 5.56 Å². The lowest BCUT2D eigenvalue weighted by molar-refractivity contribution is 0.148. The van der Waals surface area contributed by atoms with Crippen LogP contribution in [0.5, 0.6) is 5.75 Å². The first-order valence-corrected chi connectivity index (χ1v) is 11.2. The molecule has 3 nitrogen and oxygen atoms in total. The van der Waals surface area contributed by atoms with Crippen LogP contribution in [-0.4, -0.2) is 16.4 Å². The van der Waals surface area contributed by atoms with Gasteiger partial charge in [0, 0.05) is 17.3 Å². The molecule has 0 fully saturated rings. The van der Waals surface area contributed by atoms with Gasteiger partial charge < -0.3 is 10.2 Å². The summed E-state index contributed by atoms with van der Waals surface area (Å²) in [5, 5.41) is 22.3. The molecule has 168 valence electrons. The van der Waals surface area contributed by atoms with Crippen LogP contribution in [-0.2, 0) is 10.8 Å². The van der Waals surface area contributed by atoms with Gasteiger partial charge in [0.25, 0.3) is 0 Å². The number of nitrogens with zero attached hydrogens (tertiary/aromatic N) is 1. The number of benzene rings is 3. The summed E-state index contributed by atoms with van der Waals surface area (Å²) in [6.45, 7) is 12.8. The lowest BCUT2D eigenvalue weighted by Crippen LogP contribution is -2.17. The molecule has 0 aromatic heterocycles. The van der Waals surface area contributed by atoms with Crippen molar-refractivity contribution in [2.24, 2.45) is 4.99 Å². The van der Waals surface area contributed by atoms with Crippen molar-refractivity contribution < 1.29 is 10.2 Å². The van der Waals surface area contributed by atoms with E-state index >= 15 is 0 Å². The molecule has 3 rings (SSSR count). The van der Waals surface area contributed by atoms with Gasteiger partial charge in [-0.05, 0) is 33.6 Å². The van der Waals surface area contributed by atoms with E-state index in [1.165, 1.54) is 0 Å². The van der Waals surface area contributed by atoms with E-state index in [1.807, 2.05) is 66.7 Å². The van der Waals surface area contributed by atoms with Gasteiger partial charge in [-0.2, -0.15) is 0 Å². The Balaban J connectivity index is 2.10. The molecule has 2 N–H and O–H groups in total. The van der Waals surface area contributed by atoms with Crippen LogP contribution in [0.4, 0.5) is 0 Å². The Morgan fingerprint density at radius 1 is 0.750 bits per heavy atom. The summed E-state index contributed by atoms with van der Waals surface area (Å²) >= 11 is 0. The molecule has 3 aromatic carbocycles. The maximum absolute atomic E-state index is 11.2. The number of hydrogen-bond donors (Lipinski definition) is 2. The Bertz CT molecular complexity index is 1060. The number of aliphatic hydroxyl groups is 1. The summed E-state index contributed by atoms with van der Waals surface area (Å²) in [5.41, 5.74) is 4.15. The third-order valence-corrected chi connectivity index (χ3v) is 5.77. The van der Waals surface area contributed by atoms with Crippen molar-refractivity contribution in [2.45, 2.75) is 64.5 Å². The van der Waals surface area contributed by atoms with Crippen LogP contribution < -0.4 is 0 Å². The summed E-state index contributed by atoms with van der Waals surface area (Å²) in [5.74, 6) is 0.246. The highest BCUT2D eigenvalue weighted by Gasteiger charge is 2.25. The van der Waals surface area contributed by atoms with E-state index in [-0.39, 0.29) is 16.6 Å². The zero-order valence-electron chi connectivity index (χ0n) is 20.0. The number of aliphatic hydroxyl groups excluding tert-OH is 1. The minimum Gasteiger partial charge on any atom is -0.507 e. The molecule has 0 aliphatic carbocycles. The van der Waals surface area contributed by atoms with Crippen molar-refractivity contribution in [1.82, 2.24) is 0 Å².